The van der Waals surface area contributed by atoms with Crippen LogP contribution in [0, 0.1) is 5.82 Å². The van der Waals surface area contributed by atoms with Crippen LogP contribution in [0.1, 0.15) is 12.6 Å². The topological polar surface area (TPSA) is 64.0 Å². The summed E-state index contributed by atoms with van der Waals surface area (Å²) < 4.78 is 14.8. The van der Waals surface area contributed by atoms with Crippen LogP contribution in [0.15, 0.2) is 57.3 Å². The highest BCUT2D eigenvalue weighted by atomic mass is 35.5. The minimum Gasteiger partial charge on any atom is -0.325 e. The van der Waals surface area contributed by atoms with Gasteiger partial charge in [0, 0.05) is 17.4 Å². The van der Waals surface area contributed by atoms with Gasteiger partial charge in [-0.15, -0.1) is 11.8 Å². The van der Waals surface area contributed by atoms with Crippen molar-refractivity contribution >= 4 is 58.3 Å². The molecular weight excluding hydrogens is 480 g/mol. The van der Waals surface area contributed by atoms with Crippen molar-refractivity contribution in [2.24, 2.45) is 0 Å². The van der Waals surface area contributed by atoms with Gasteiger partial charge in [0.1, 0.15) is 5.82 Å². The van der Waals surface area contributed by atoms with Gasteiger partial charge in [0.2, 0.25) is 5.91 Å². The molecule has 0 fully saturated rings. The molecule has 1 aliphatic heterocycles. The average Bonchev–Trinajstić information content (AvgIpc) is 3.11. The first-order valence-corrected chi connectivity index (χ1v) is 11.9. The Labute approximate surface area is 196 Å². The smallest absolute Gasteiger partial charge is 0.272 e. The van der Waals surface area contributed by atoms with E-state index in [9.17, 15) is 14.0 Å². The molecule has 0 saturated heterocycles. The molecule has 1 amide bonds. The van der Waals surface area contributed by atoms with Gasteiger partial charge in [0.15, 0.2) is 5.16 Å². The van der Waals surface area contributed by atoms with Crippen LogP contribution < -0.4 is 10.9 Å². The van der Waals surface area contributed by atoms with E-state index in [1.165, 1.54) is 40.6 Å². The Morgan fingerprint density at radius 2 is 2.00 bits per heavy atom. The Morgan fingerprint density at radius 1 is 1.26 bits per heavy atom. The molecule has 0 bridgehead atoms. The minimum atomic E-state index is -0.399. The second-order valence-electron chi connectivity index (χ2n) is 6.89. The van der Waals surface area contributed by atoms with E-state index in [0.717, 1.165) is 17.5 Å². The number of nitrogens with zero attached hydrogens (tertiary/aromatic N) is 2. The first-order chi connectivity index (χ1) is 14.8. The fraction of sp³-hybridized carbons (Fsp3) is 0.190. The second kappa shape index (κ2) is 9.24. The summed E-state index contributed by atoms with van der Waals surface area (Å²) in [7, 11) is 0. The zero-order valence-electron chi connectivity index (χ0n) is 16.2. The van der Waals surface area contributed by atoms with Gasteiger partial charge < -0.3 is 5.32 Å². The molecule has 4 rings (SSSR count). The van der Waals surface area contributed by atoms with Gasteiger partial charge in [0.05, 0.1) is 32.1 Å². The van der Waals surface area contributed by atoms with Crippen molar-refractivity contribution in [3.8, 4) is 5.69 Å². The predicted octanol–water partition coefficient (Wildman–Crippen LogP) is 5.45. The number of thioether (sulfide) groups is 2. The average molecular weight is 496 g/mol. The molecule has 31 heavy (non-hydrogen) atoms. The van der Waals surface area contributed by atoms with Crippen molar-refractivity contribution in [2.45, 2.75) is 28.6 Å². The van der Waals surface area contributed by atoms with Crippen molar-refractivity contribution < 1.29 is 9.18 Å². The van der Waals surface area contributed by atoms with E-state index in [2.05, 4.69) is 10.3 Å². The molecule has 1 atom stereocenters. The SMILES string of the molecule is CC1Cc2nc(SCC(=O)Nc3ccc(Cl)c(Cl)c3)n(-c3ccc(F)cc3)c(=O)c2S1. The number of nitrogens with one attached hydrogen (secondary N) is 1. The maximum Gasteiger partial charge on any atom is 0.272 e. The number of benzene rings is 2. The predicted molar refractivity (Wildman–Crippen MR) is 125 cm³/mol. The molecule has 1 N–H and O–H groups in total. The number of aromatic nitrogens is 2. The summed E-state index contributed by atoms with van der Waals surface area (Å²) in [5.74, 6) is -0.661. The van der Waals surface area contributed by atoms with E-state index < -0.39 is 5.82 Å². The van der Waals surface area contributed by atoms with Gasteiger partial charge in [-0.3, -0.25) is 14.2 Å². The molecule has 1 aliphatic rings. The van der Waals surface area contributed by atoms with E-state index in [4.69, 9.17) is 23.2 Å². The standard InChI is InChI=1S/C21H16Cl2FN3O2S2/c1-11-8-17-19(31-11)20(29)27(14-5-2-12(24)3-6-14)21(26-17)30-10-18(28)25-13-4-7-15(22)16(23)9-13/h2-7,9,11H,8,10H2,1H3,(H,25,28). The van der Waals surface area contributed by atoms with Crippen LogP contribution in [0.5, 0.6) is 0 Å². The molecule has 0 aliphatic carbocycles. The number of halogens is 3. The molecule has 160 valence electrons. The third-order valence-corrected chi connectivity index (χ3v) is 7.39. The molecule has 10 heteroatoms. The Kier molecular flexibility index (Phi) is 6.62. The van der Waals surface area contributed by atoms with E-state index in [1.54, 1.807) is 18.2 Å². The van der Waals surface area contributed by atoms with Crippen molar-refractivity contribution in [2.75, 3.05) is 11.1 Å². The minimum absolute atomic E-state index is 0.0232. The summed E-state index contributed by atoms with van der Waals surface area (Å²) in [5, 5.41) is 4.11. The number of rotatable bonds is 5. The molecule has 0 radical (unpaired) electrons. The monoisotopic (exact) mass is 495 g/mol. The van der Waals surface area contributed by atoms with Crippen molar-refractivity contribution in [1.82, 2.24) is 9.55 Å². The van der Waals surface area contributed by atoms with Crippen molar-refractivity contribution in [3.63, 3.8) is 0 Å². The van der Waals surface area contributed by atoms with Crippen LogP contribution in [0.2, 0.25) is 10.0 Å². The molecule has 1 aromatic heterocycles. The highest BCUT2D eigenvalue weighted by Gasteiger charge is 2.27. The summed E-state index contributed by atoms with van der Waals surface area (Å²) in [4.78, 5) is 30.9. The Morgan fingerprint density at radius 3 is 2.71 bits per heavy atom. The molecule has 2 heterocycles. The maximum atomic E-state index is 13.4. The first-order valence-electron chi connectivity index (χ1n) is 9.28. The Balaban J connectivity index is 1.61. The summed E-state index contributed by atoms with van der Waals surface area (Å²) >= 11 is 14.5. The molecule has 0 spiro atoms. The van der Waals surface area contributed by atoms with Crippen LogP contribution in [-0.2, 0) is 11.2 Å². The van der Waals surface area contributed by atoms with Gasteiger partial charge >= 0.3 is 0 Å². The lowest BCUT2D eigenvalue weighted by molar-refractivity contribution is -0.113. The zero-order valence-corrected chi connectivity index (χ0v) is 19.3. The quantitative estimate of drug-likeness (QED) is 0.376. The highest BCUT2D eigenvalue weighted by Crippen LogP contribution is 2.35. The lowest BCUT2D eigenvalue weighted by Gasteiger charge is -2.14. The number of anilines is 1. The maximum absolute atomic E-state index is 13.4. The van der Waals surface area contributed by atoms with E-state index in [1.807, 2.05) is 6.92 Å². The molecule has 0 saturated carbocycles. The number of amides is 1. The van der Waals surface area contributed by atoms with Gasteiger partial charge in [-0.2, -0.15) is 0 Å². The molecule has 3 aromatic rings. The lowest BCUT2D eigenvalue weighted by Crippen LogP contribution is -2.24. The molecule has 1 unspecified atom stereocenters. The summed E-state index contributed by atoms with van der Waals surface area (Å²) in [5.41, 5.74) is 1.53. The number of hydrogen-bond acceptors (Lipinski definition) is 5. The van der Waals surface area contributed by atoms with E-state index in [0.29, 0.717) is 37.9 Å². The highest BCUT2D eigenvalue weighted by molar-refractivity contribution is 8.00. The van der Waals surface area contributed by atoms with E-state index in [-0.39, 0.29) is 22.5 Å². The van der Waals surface area contributed by atoms with Crippen LogP contribution in [-0.4, -0.2) is 26.5 Å². The van der Waals surface area contributed by atoms with E-state index >= 15 is 0 Å². The lowest BCUT2D eigenvalue weighted by atomic mass is 10.2. The number of hydrogen-bond donors (Lipinski definition) is 1. The van der Waals surface area contributed by atoms with Gasteiger partial charge in [-0.05, 0) is 42.5 Å². The Bertz CT molecular complexity index is 1220. The van der Waals surface area contributed by atoms with Crippen molar-refractivity contribution in [1.29, 1.82) is 0 Å². The van der Waals surface area contributed by atoms with Gasteiger partial charge in [-0.1, -0.05) is 41.9 Å². The van der Waals surface area contributed by atoms with Gasteiger partial charge in [-0.25, -0.2) is 9.37 Å². The zero-order chi connectivity index (χ0) is 22.1. The molecular formula is C21H16Cl2FN3O2S2. The summed E-state index contributed by atoms with van der Waals surface area (Å²) in [6.07, 6.45) is 0.683. The van der Waals surface area contributed by atoms with Crippen molar-refractivity contribution in [3.05, 3.63) is 74.4 Å². The third-order valence-electron chi connectivity index (χ3n) is 4.50. The fourth-order valence-electron chi connectivity index (χ4n) is 3.12. The summed E-state index contributed by atoms with van der Waals surface area (Å²) in [6.45, 7) is 2.03. The molecule has 2 aromatic carbocycles. The second-order valence-corrected chi connectivity index (χ2v) is 10.1. The van der Waals surface area contributed by atoms with Crippen LogP contribution >= 0.6 is 46.7 Å². The normalized spacial score (nSPS) is 15.0. The summed E-state index contributed by atoms with van der Waals surface area (Å²) in [6, 6.07) is 10.4. The first kappa shape index (κ1) is 22.2. The molecule has 5 nitrogen and oxygen atoms in total. The van der Waals surface area contributed by atoms with Crippen LogP contribution in [0.25, 0.3) is 5.69 Å². The third kappa shape index (κ3) is 4.92. The van der Waals surface area contributed by atoms with Gasteiger partial charge in [0.25, 0.3) is 5.56 Å². The van der Waals surface area contributed by atoms with Crippen LogP contribution in [0.4, 0.5) is 10.1 Å². The Hall–Kier alpha value is -2.00. The largest absolute Gasteiger partial charge is 0.325 e. The number of carbonyl (C=O) groups is 1. The fourth-order valence-corrected chi connectivity index (χ4v) is 5.34. The van der Waals surface area contributed by atoms with Crippen LogP contribution in [0.3, 0.4) is 0 Å². The number of carbonyl (C=O) groups excluding carboxylic acids is 1. The number of fused-ring (bicyclic) bond motifs is 1.